The van der Waals surface area contributed by atoms with Crippen molar-refractivity contribution >= 4 is 38.1 Å². The smallest absolute Gasteiger partial charge is 0.238 e. The predicted octanol–water partition coefficient (Wildman–Crippen LogP) is 2.47. The van der Waals surface area contributed by atoms with Crippen molar-refractivity contribution in [1.82, 2.24) is 10.3 Å². The van der Waals surface area contributed by atoms with Gasteiger partial charge in [0.25, 0.3) is 0 Å². The first-order valence-corrected chi connectivity index (χ1v) is 10.5. The zero-order valence-electron chi connectivity index (χ0n) is 15.3. The Hall–Kier alpha value is -3.01. The van der Waals surface area contributed by atoms with E-state index in [1.54, 1.807) is 6.07 Å². The summed E-state index contributed by atoms with van der Waals surface area (Å²) in [5.41, 5.74) is 3.80. The monoisotopic (exact) mass is 414 g/mol. The highest BCUT2D eigenvalue weighted by Crippen LogP contribution is 2.32. The number of aromatic amines is 1. The van der Waals surface area contributed by atoms with Gasteiger partial charge in [0.2, 0.25) is 15.9 Å². The van der Waals surface area contributed by atoms with E-state index in [9.17, 15) is 17.6 Å². The maximum atomic E-state index is 13.8. The molecule has 5 N–H and O–H groups in total. The maximum Gasteiger partial charge on any atom is 0.238 e. The lowest BCUT2D eigenvalue weighted by Crippen LogP contribution is -2.14. The number of benzene rings is 2. The number of hydrogen-bond donors (Lipinski definition) is 4. The van der Waals surface area contributed by atoms with E-state index in [1.807, 2.05) is 6.08 Å². The molecule has 0 saturated heterocycles. The van der Waals surface area contributed by atoms with Crippen LogP contribution < -0.4 is 15.8 Å². The number of anilines is 1. The molecule has 1 aliphatic heterocycles. The van der Waals surface area contributed by atoms with Crippen molar-refractivity contribution in [2.75, 3.05) is 11.9 Å². The number of carbonyl (C=O) groups excluding carboxylic acids is 1. The Morgan fingerprint density at radius 3 is 2.66 bits per heavy atom. The average Bonchev–Trinajstić information content (AvgIpc) is 2.89. The highest BCUT2D eigenvalue weighted by atomic mass is 32.2. The van der Waals surface area contributed by atoms with E-state index in [0.29, 0.717) is 18.8 Å². The third-order valence-corrected chi connectivity index (χ3v) is 5.70. The summed E-state index contributed by atoms with van der Waals surface area (Å²) in [6.07, 6.45) is 2.02. The molecule has 4 rings (SSSR count). The van der Waals surface area contributed by atoms with Crippen molar-refractivity contribution in [2.24, 2.45) is 5.14 Å². The molecule has 1 amide bonds. The minimum absolute atomic E-state index is 0.0292. The molecule has 0 spiro atoms. The molecule has 0 fully saturated rings. The van der Waals surface area contributed by atoms with Crippen LogP contribution in [0.1, 0.15) is 17.7 Å². The fourth-order valence-corrected chi connectivity index (χ4v) is 4.00. The lowest BCUT2D eigenvalue weighted by Gasteiger charge is -2.09. The largest absolute Gasteiger partial charge is 0.357 e. The second kappa shape index (κ2) is 7.43. The van der Waals surface area contributed by atoms with Gasteiger partial charge in [0, 0.05) is 40.9 Å². The fourth-order valence-electron chi connectivity index (χ4n) is 3.48. The Balaban J connectivity index is 1.58. The van der Waals surface area contributed by atoms with Gasteiger partial charge in [-0.05, 0) is 48.0 Å². The van der Waals surface area contributed by atoms with Gasteiger partial charge in [-0.25, -0.2) is 17.9 Å². The number of sulfonamides is 1. The Bertz CT molecular complexity index is 1230. The van der Waals surface area contributed by atoms with Crippen LogP contribution in [-0.4, -0.2) is 25.9 Å². The molecule has 1 aliphatic rings. The maximum absolute atomic E-state index is 13.8. The van der Waals surface area contributed by atoms with Crippen LogP contribution in [0, 0.1) is 5.82 Å². The molecule has 0 radical (unpaired) electrons. The number of amides is 1. The van der Waals surface area contributed by atoms with E-state index in [-0.39, 0.29) is 23.0 Å². The van der Waals surface area contributed by atoms with Crippen LogP contribution >= 0.6 is 0 Å². The van der Waals surface area contributed by atoms with Gasteiger partial charge in [-0.2, -0.15) is 0 Å². The summed E-state index contributed by atoms with van der Waals surface area (Å²) in [5.74, 6) is -0.603. The zero-order valence-corrected chi connectivity index (χ0v) is 16.1. The van der Waals surface area contributed by atoms with Crippen molar-refractivity contribution < 1.29 is 17.6 Å². The van der Waals surface area contributed by atoms with E-state index in [2.05, 4.69) is 15.6 Å². The predicted molar refractivity (Wildman–Crippen MR) is 109 cm³/mol. The Labute approximate surface area is 166 Å². The number of rotatable bonds is 4. The normalized spacial score (nSPS) is 14.2. The van der Waals surface area contributed by atoms with Crippen LogP contribution in [0.5, 0.6) is 0 Å². The number of nitrogens with one attached hydrogen (secondary N) is 3. The first-order valence-electron chi connectivity index (χ1n) is 8.94. The number of fused-ring (bicyclic) bond motifs is 3. The summed E-state index contributed by atoms with van der Waals surface area (Å²) in [5, 5.41) is 11.8. The Morgan fingerprint density at radius 1 is 1.17 bits per heavy atom. The van der Waals surface area contributed by atoms with Gasteiger partial charge < -0.3 is 15.6 Å². The molecule has 0 bridgehead atoms. The zero-order chi connectivity index (χ0) is 20.6. The quantitative estimate of drug-likeness (QED) is 0.525. The fraction of sp³-hybridized carbons (Fsp3) is 0.150. The summed E-state index contributed by atoms with van der Waals surface area (Å²) >= 11 is 0. The second-order valence-electron chi connectivity index (χ2n) is 6.82. The van der Waals surface area contributed by atoms with E-state index >= 15 is 0 Å². The topological polar surface area (TPSA) is 117 Å². The summed E-state index contributed by atoms with van der Waals surface area (Å²) in [6.45, 7) is 1.17. The van der Waals surface area contributed by atoms with Gasteiger partial charge in [0.15, 0.2) is 0 Å². The minimum atomic E-state index is -3.79. The van der Waals surface area contributed by atoms with Gasteiger partial charge in [-0.15, -0.1) is 0 Å². The van der Waals surface area contributed by atoms with Crippen LogP contribution in [0.2, 0.25) is 0 Å². The van der Waals surface area contributed by atoms with Crippen LogP contribution in [-0.2, 0) is 21.4 Å². The Morgan fingerprint density at radius 2 is 1.93 bits per heavy atom. The lowest BCUT2D eigenvalue weighted by molar-refractivity contribution is -0.115. The molecule has 0 saturated carbocycles. The Kier molecular flexibility index (Phi) is 4.95. The molecule has 150 valence electrons. The van der Waals surface area contributed by atoms with Crippen LogP contribution in [0.3, 0.4) is 0 Å². The molecule has 7 nitrogen and oxygen atoms in total. The minimum Gasteiger partial charge on any atom is -0.357 e. The third-order valence-electron chi connectivity index (χ3n) is 4.77. The summed E-state index contributed by atoms with van der Waals surface area (Å²) in [7, 11) is -3.79. The van der Waals surface area contributed by atoms with Gasteiger partial charge >= 0.3 is 0 Å². The second-order valence-corrected chi connectivity index (χ2v) is 8.38. The first-order chi connectivity index (χ1) is 13.8. The molecule has 9 heteroatoms. The number of aromatic nitrogens is 1. The van der Waals surface area contributed by atoms with E-state index in [1.165, 1.54) is 36.4 Å². The van der Waals surface area contributed by atoms with Gasteiger partial charge in [0.05, 0.1) is 11.3 Å². The average molecular weight is 414 g/mol. The molecule has 3 aromatic rings. The highest BCUT2D eigenvalue weighted by molar-refractivity contribution is 7.89. The van der Waals surface area contributed by atoms with Crippen molar-refractivity contribution in [1.29, 1.82) is 0 Å². The summed E-state index contributed by atoms with van der Waals surface area (Å²) in [4.78, 5) is 15.9. The van der Waals surface area contributed by atoms with E-state index in [4.69, 9.17) is 5.14 Å². The molecule has 29 heavy (non-hydrogen) atoms. The highest BCUT2D eigenvalue weighted by Gasteiger charge is 2.20. The molecule has 0 atom stereocenters. The van der Waals surface area contributed by atoms with Gasteiger partial charge in [-0.3, -0.25) is 4.79 Å². The molecule has 0 unspecified atom stereocenters. The molecule has 2 aromatic carbocycles. The van der Waals surface area contributed by atoms with Crippen molar-refractivity contribution in [3.8, 4) is 0 Å². The number of hydrogen-bond acceptors (Lipinski definition) is 4. The number of nitrogens with two attached hydrogens (primary N) is 1. The van der Waals surface area contributed by atoms with Crippen molar-refractivity contribution in [3.63, 3.8) is 0 Å². The van der Waals surface area contributed by atoms with E-state index < -0.39 is 10.0 Å². The summed E-state index contributed by atoms with van der Waals surface area (Å²) in [6, 6.07) is 10.2. The molecular formula is C20H19FN4O3S. The first kappa shape index (κ1) is 19.3. The third kappa shape index (κ3) is 4.07. The molecule has 0 aliphatic carbocycles. The number of H-pyrrole nitrogens is 1. The number of halogens is 1. The van der Waals surface area contributed by atoms with Crippen molar-refractivity contribution in [3.05, 3.63) is 65.6 Å². The lowest BCUT2D eigenvalue weighted by atomic mass is 9.99. The van der Waals surface area contributed by atoms with Crippen molar-refractivity contribution in [2.45, 2.75) is 17.9 Å². The van der Waals surface area contributed by atoms with Gasteiger partial charge in [0.1, 0.15) is 5.82 Å². The summed E-state index contributed by atoms with van der Waals surface area (Å²) < 4.78 is 36.5. The molecular weight excluding hydrogens is 395 g/mol. The standard InChI is InChI=1S/C20H19FN4O3S/c21-13-1-6-17-16(10-13)20-12(7-8-23-11-18(20)25-17)9-19(26)24-14-2-4-15(5-3-14)29(22,27)28/h1-7,10,23,25H,8-9,11H2,(H,24,26)(H2,22,27,28). The van der Waals surface area contributed by atoms with Crippen LogP contribution in [0.25, 0.3) is 16.5 Å². The SMILES string of the molecule is NS(=O)(=O)c1ccc(NC(=O)CC2=CCNCc3[nH]c4ccc(F)cc4c32)cc1. The number of carbonyl (C=O) groups is 1. The molecule has 1 aromatic heterocycles. The molecule has 2 heterocycles. The van der Waals surface area contributed by atoms with E-state index in [0.717, 1.165) is 27.7 Å². The van der Waals surface area contributed by atoms with Crippen LogP contribution in [0.4, 0.5) is 10.1 Å². The van der Waals surface area contributed by atoms with Gasteiger partial charge in [-0.1, -0.05) is 6.08 Å². The number of primary sulfonamides is 1. The van der Waals surface area contributed by atoms with Crippen LogP contribution in [0.15, 0.2) is 53.4 Å².